The van der Waals surface area contributed by atoms with Crippen LogP contribution in [0.3, 0.4) is 0 Å². The number of benzene rings is 2. The number of carbonyl (C=O) groups is 2. The van der Waals surface area contributed by atoms with Crippen molar-refractivity contribution in [3.8, 4) is 0 Å². The van der Waals surface area contributed by atoms with E-state index in [0.29, 0.717) is 51.9 Å². The summed E-state index contributed by atoms with van der Waals surface area (Å²) in [6.07, 6.45) is 3.15. The number of nitrogens with two attached hydrogens (primary N) is 1. The van der Waals surface area contributed by atoms with E-state index in [1.807, 2.05) is 60.7 Å². The van der Waals surface area contributed by atoms with Crippen LogP contribution in [0.1, 0.15) is 49.7 Å². The lowest BCUT2D eigenvalue weighted by Gasteiger charge is -2.30. The first kappa shape index (κ1) is 39.2. The molecule has 3 heterocycles. The highest BCUT2D eigenvalue weighted by Gasteiger charge is 2.31. The van der Waals surface area contributed by atoms with E-state index < -0.39 is 41.8 Å². The van der Waals surface area contributed by atoms with Gasteiger partial charge in [-0.15, -0.1) is 0 Å². The van der Waals surface area contributed by atoms with Gasteiger partial charge in [0.2, 0.25) is 19.1 Å². The van der Waals surface area contributed by atoms with Crippen LogP contribution in [0.15, 0.2) is 60.7 Å². The minimum absolute atomic E-state index is 0. The van der Waals surface area contributed by atoms with Crippen molar-refractivity contribution in [1.82, 2.24) is 16.0 Å². The van der Waals surface area contributed by atoms with Gasteiger partial charge in [-0.25, -0.2) is 31.6 Å². The number of amides is 2. The predicted molar refractivity (Wildman–Crippen MR) is 175 cm³/mol. The third-order valence-electron chi connectivity index (χ3n) is 7.50. The van der Waals surface area contributed by atoms with Gasteiger partial charge in [0.05, 0.1) is 10.5 Å². The second kappa shape index (κ2) is 19.7. The molecule has 2 amide bonds. The molecule has 16 heteroatoms. The van der Waals surface area contributed by atoms with E-state index >= 15 is 0 Å². The molecular weight excluding hydrogens is 660 g/mol. The Labute approximate surface area is 276 Å². The molecule has 3 saturated heterocycles. The van der Waals surface area contributed by atoms with Crippen molar-refractivity contribution in [2.24, 2.45) is 5.14 Å². The van der Waals surface area contributed by atoms with E-state index in [9.17, 15) is 26.4 Å². The number of likely N-dealkylation sites (tertiary alicyclic amines) is 2. The summed E-state index contributed by atoms with van der Waals surface area (Å²) < 4.78 is 60.2. The van der Waals surface area contributed by atoms with Crippen LogP contribution in [0.5, 0.6) is 0 Å². The maximum absolute atomic E-state index is 11.9. The Morgan fingerprint density at radius 2 is 1.09 bits per heavy atom. The molecule has 13 nitrogen and oxygen atoms in total. The highest BCUT2D eigenvalue weighted by atomic mass is 35.7. The van der Waals surface area contributed by atoms with E-state index in [1.54, 1.807) is 0 Å². The Kier molecular flexibility index (Phi) is 16.8. The fourth-order valence-corrected chi connectivity index (χ4v) is 6.99. The van der Waals surface area contributed by atoms with E-state index in [4.69, 9.17) is 30.0 Å². The number of primary sulfonamides is 1. The molecule has 0 atom stereocenters. The zero-order valence-corrected chi connectivity index (χ0v) is 28.3. The maximum atomic E-state index is 11.9. The first-order chi connectivity index (χ1) is 21.4. The molecule has 2 aromatic carbocycles. The minimum Gasteiger partial charge on any atom is -0.445 e. The van der Waals surface area contributed by atoms with E-state index in [0.717, 1.165) is 24.3 Å². The Bertz CT molecular complexity index is 1290. The molecule has 258 valence electrons. The van der Waals surface area contributed by atoms with Crippen LogP contribution in [-0.4, -0.2) is 88.7 Å². The van der Waals surface area contributed by atoms with Crippen LogP contribution >= 0.6 is 10.7 Å². The molecule has 3 aliphatic heterocycles. The fourth-order valence-electron chi connectivity index (χ4n) is 4.82. The number of piperidine rings is 2. The summed E-state index contributed by atoms with van der Waals surface area (Å²) in [5.41, 5.74) is 1.83. The number of halogens is 1. The van der Waals surface area contributed by atoms with Gasteiger partial charge in [-0.1, -0.05) is 60.7 Å². The summed E-state index contributed by atoms with van der Waals surface area (Å²) in [7, 11) is -1.73. The molecule has 0 spiro atoms. The summed E-state index contributed by atoms with van der Waals surface area (Å²) in [4.78, 5) is 26.7. The predicted octanol–water partition coefficient (Wildman–Crippen LogP) is 4.39. The topological polar surface area (TPSA) is 198 Å². The quantitative estimate of drug-likeness (QED) is 0.407. The number of sulfonamides is 1. The van der Waals surface area contributed by atoms with Gasteiger partial charge in [-0.05, 0) is 49.7 Å². The van der Waals surface area contributed by atoms with Gasteiger partial charge in [-0.3, -0.25) is 0 Å². The molecule has 0 aromatic heterocycles. The lowest BCUT2D eigenvalue weighted by Crippen LogP contribution is -2.44. The monoisotopic (exact) mass is 704 g/mol. The molecule has 0 radical (unpaired) electrons. The minimum atomic E-state index is -3.54. The fraction of sp³-hybridized carbons (Fsp3) is 0.533. The van der Waals surface area contributed by atoms with Crippen LogP contribution in [0.4, 0.5) is 9.59 Å². The molecule has 0 saturated carbocycles. The van der Waals surface area contributed by atoms with E-state index in [1.165, 1.54) is 22.6 Å². The number of hydrogen-bond donors (Lipinski definition) is 2. The van der Waals surface area contributed by atoms with Crippen molar-refractivity contribution in [2.75, 3.05) is 39.4 Å². The smallest absolute Gasteiger partial charge is 0.410 e. The van der Waals surface area contributed by atoms with E-state index in [-0.39, 0.29) is 19.4 Å². The third kappa shape index (κ3) is 14.2. The largest absolute Gasteiger partial charge is 0.445 e. The van der Waals surface area contributed by atoms with Crippen LogP contribution in [0.25, 0.3) is 0 Å². The molecule has 0 unspecified atom stereocenters. The second-order valence-electron chi connectivity index (χ2n) is 10.8. The summed E-state index contributed by atoms with van der Waals surface area (Å²) in [6.45, 7) is 3.85. The SMILES string of the molecule is C1CCOC1.N.NS(=O)(=O)C1CCN(C(=O)OCc2ccccc2)CC1.O=C(OCc1ccccc1)N1CCC(S(=O)(=O)Cl)CC1. The summed E-state index contributed by atoms with van der Waals surface area (Å²) in [5, 5.41) is 3.98. The van der Waals surface area contributed by atoms with Crippen LogP contribution in [0, 0.1) is 0 Å². The van der Waals surface area contributed by atoms with Crippen molar-refractivity contribution >= 4 is 41.9 Å². The van der Waals surface area contributed by atoms with Gasteiger partial charge in [0.15, 0.2) is 0 Å². The van der Waals surface area contributed by atoms with Crippen LogP contribution in [0.2, 0.25) is 0 Å². The normalized spacial score (nSPS) is 17.3. The zero-order chi connectivity index (χ0) is 32.7. The number of carbonyl (C=O) groups excluding carboxylic acids is 2. The maximum Gasteiger partial charge on any atom is 0.410 e. The van der Waals surface area contributed by atoms with Crippen molar-refractivity contribution in [3.63, 3.8) is 0 Å². The van der Waals surface area contributed by atoms with Gasteiger partial charge < -0.3 is 30.2 Å². The molecule has 46 heavy (non-hydrogen) atoms. The summed E-state index contributed by atoms with van der Waals surface area (Å²) >= 11 is 0. The van der Waals surface area contributed by atoms with Crippen LogP contribution < -0.4 is 11.3 Å². The number of nitrogens with zero attached hydrogens (tertiary/aromatic N) is 2. The molecule has 0 aliphatic carbocycles. The molecule has 2 aromatic rings. The molecule has 3 aliphatic rings. The highest BCUT2D eigenvalue weighted by molar-refractivity contribution is 8.14. The Morgan fingerprint density at radius 3 is 1.39 bits per heavy atom. The third-order valence-corrected chi connectivity index (χ3v) is 10.9. The molecule has 5 rings (SSSR count). The Balaban J connectivity index is 0.000000272. The van der Waals surface area contributed by atoms with Gasteiger partial charge in [0.1, 0.15) is 13.2 Å². The first-order valence-electron chi connectivity index (χ1n) is 14.9. The van der Waals surface area contributed by atoms with Gasteiger partial charge in [-0.2, -0.15) is 0 Å². The highest BCUT2D eigenvalue weighted by Crippen LogP contribution is 2.21. The van der Waals surface area contributed by atoms with E-state index in [2.05, 4.69) is 0 Å². The standard InChI is InChI=1S/C13H16ClNO4S.C13H18N2O4S.C4H8O.H3N/c2*14-20(17,18)12-6-8-15(9-7-12)13(16)19-10-11-4-2-1-3-5-11;1-2-4-5-3-1;/h1-5,12H,6-10H2;1-5,12H,6-10H2,(H2,14,17,18);1-4H2;1H3. The second-order valence-corrected chi connectivity index (χ2v) is 15.6. The van der Waals surface area contributed by atoms with Crippen LogP contribution in [-0.2, 0) is 46.5 Å². The number of rotatable bonds is 6. The van der Waals surface area contributed by atoms with Crippen molar-refractivity contribution < 1.29 is 40.6 Å². The van der Waals surface area contributed by atoms with Gasteiger partial charge in [0, 0.05) is 50.1 Å². The molecular formula is C30H45ClN4O9S2. The molecule has 0 bridgehead atoms. The average Bonchev–Trinajstić information content (AvgIpc) is 3.64. The first-order valence-corrected chi connectivity index (χ1v) is 18.9. The zero-order valence-electron chi connectivity index (χ0n) is 25.9. The Hall–Kier alpha value is -2.95. The lowest BCUT2D eigenvalue weighted by molar-refractivity contribution is 0.0891. The van der Waals surface area contributed by atoms with Gasteiger partial charge >= 0.3 is 12.2 Å². The average molecular weight is 705 g/mol. The number of hydrogen-bond acceptors (Lipinski definition) is 10. The Morgan fingerprint density at radius 1 is 0.717 bits per heavy atom. The van der Waals surface area contributed by atoms with Crippen molar-refractivity contribution in [1.29, 1.82) is 0 Å². The summed E-state index contributed by atoms with van der Waals surface area (Å²) in [6, 6.07) is 18.8. The van der Waals surface area contributed by atoms with Crippen molar-refractivity contribution in [3.05, 3.63) is 71.8 Å². The van der Waals surface area contributed by atoms with Crippen molar-refractivity contribution in [2.45, 2.75) is 62.2 Å². The number of ether oxygens (including phenoxy) is 3. The lowest BCUT2D eigenvalue weighted by atomic mass is 10.1. The molecule has 5 N–H and O–H groups in total. The molecule has 3 fully saturated rings. The van der Waals surface area contributed by atoms with Gasteiger partial charge in [0.25, 0.3) is 0 Å². The summed E-state index contributed by atoms with van der Waals surface area (Å²) in [5.74, 6) is 0.